The topological polar surface area (TPSA) is 91.6 Å². The first-order chi connectivity index (χ1) is 15.0. The summed E-state index contributed by atoms with van der Waals surface area (Å²) in [6, 6.07) is 4.58. The lowest BCUT2D eigenvalue weighted by Gasteiger charge is -2.25. The van der Waals surface area contributed by atoms with E-state index in [9.17, 15) is 14.0 Å². The van der Waals surface area contributed by atoms with Gasteiger partial charge < -0.3 is 10.6 Å². The summed E-state index contributed by atoms with van der Waals surface area (Å²) in [5.41, 5.74) is 1.04. The van der Waals surface area contributed by atoms with Gasteiger partial charge in [0.1, 0.15) is 11.0 Å². The van der Waals surface area contributed by atoms with E-state index in [2.05, 4.69) is 25.6 Å². The summed E-state index contributed by atoms with van der Waals surface area (Å²) < 4.78 is 15.7. The first-order valence-corrected chi connectivity index (χ1v) is 10.5. The molecule has 2 aromatic heterocycles. The third-order valence-corrected chi connectivity index (χ3v) is 6.18. The predicted molar refractivity (Wildman–Crippen MR) is 114 cm³/mol. The number of anilines is 2. The molecule has 5 rings (SSSR count). The van der Waals surface area contributed by atoms with Crippen LogP contribution in [0.5, 0.6) is 0 Å². The van der Waals surface area contributed by atoms with Crippen LogP contribution in [0.2, 0.25) is 5.15 Å². The zero-order valence-electron chi connectivity index (χ0n) is 16.5. The molecule has 2 bridgehead atoms. The summed E-state index contributed by atoms with van der Waals surface area (Å²) in [5, 5.41) is 9.64. The van der Waals surface area contributed by atoms with E-state index in [-0.39, 0.29) is 22.3 Å². The second kappa shape index (κ2) is 7.90. The van der Waals surface area contributed by atoms with Crippen LogP contribution in [0.4, 0.5) is 15.8 Å². The highest BCUT2D eigenvalue weighted by molar-refractivity contribution is 6.29. The Morgan fingerprint density at radius 3 is 2.87 bits per heavy atom. The van der Waals surface area contributed by atoms with Gasteiger partial charge in [-0.2, -0.15) is 5.10 Å². The molecule has 2 unspecified atom stereocenters. The zero-order valence-corrected chi connectivity index (χ0v) is 17.3. The maximum absolute atomic E-state index is 14.3. The van der Waals surface area contributed by atoms with Gasteiger partial charge in [0.25, 0.3) is 5.91 Å². The van der Waals surface area contributed by atoms with Crippen LogP contribution in [-0.2, 0) is 4.79 Å². The molecule has 3 heterocycles. The molecule has 2 fully saturated rings. The van der Waals surface area contributed by atoms with Gasteiger partial charge in [-0.05, 0) is 43.4 Å². The Kier molecular flexibility index (Phi) is 5.07. The standard InChI is InChI=1S/C21H20ClFN6O2/c22-19-10-29-18(8-24-19)15(7-25-29)21(31)27-17-6-13(2-4-16(17)23)26-20(30)11-28-9-12-1-3-14(28)5-12/h2,4,6-8,10,12,14H,1,3,5,9,11H2,(H,26,30)(H,27,31). The highest BCUT2D eigenvalue weighted by Gasteiger charge is 2.38. The van der Waals surface area contributed by atoms with Crippen LogP contribution in [0, 0.1) is 11.7 Å². The summed E-state index contributed by atoms with van der Waals surface area (Å²) in [5.74, 6) is -0.603. The van der Waals surface area contributed by atoms with Crippen molar-refractivity contribution in [2.45, 2.75) is 25.3 Å². The van der Waals surface area contributed by atoms with Gasteiger partial charge in [0.15, 0.2) is 0 Å². The van der Waals surface area contributed by atoms with Crippen LogP contribution in [0.15, 0.2) is 36.8 Å². The van der Waals surface area contributed by atoms with E-state index in [0.717, 1.165) is 13.0 Å². The number of nitrogens with one attached hydrogen (secondary N) is 2. The number of halogens is 2. The van der Waals surface area contributed by atoms with Gasteiger partial charge >= 0.3 is 0 Å². The highest BCUT2D eigenvalue weighted by Crippen LogP contribution is 2.37. The molecule has 0 radical (unpaired) electrons. The van der Waals surface area contributed by atoms with Crippen molar-refractivity contribution in [1.29, 1.82) is 0 Å². The van der Waals surface area contributed by atoms with Crippen molar-refractivity contribution in [3.8, 4) is 0 Å². The van der Waals surface area contributed by atoms with Crippen LogP contribution in [0.25, 0.3) is 5.52 Å². The lowest BCUT2D eigenvalue weighted by Crippen LogP contribution is -2.38. The smallest absolute Gasteiger partial charge is 0.259 e. The van der Waals surface area contributed by atoms with Crippen LogP contribution >= 0.6 is 11.6 Å². The van der Waals surface area contributed by atoms with Crippen LogP contribution < -0.4 is 10.6 Å². The lowest BCUT2D eigenvalue weighted by molar-refractivity contribution is -0.117. The molecule has 1 saturated heterocycles. The van der Waals surface area contributed by atoms with E-state index >= 15 is 0 Å². The fourth-order valence-corrected chi connectivity index (χ4v) is 4.67. The molecule has 2 atom stereocenters. The van der Waals surface area contributed by atoms with Crippen molar-refractivity contribution in [2.24, 2.45) is 5.92 Å². The molecular weight excluding hydrogens is 423 g/mol. The number of benzene rings is 1. The number of likely N-dealkylation sites (tertiary alicyclic amines) is 1. The maximum atomic E-state index is 14.3. The Morgan fingerprint density at radius 1 is 1.23 bits per heavy atom. The predicted octanol–water partition coefficient (Wildman–Crippen LogP) is 3.20. The zero-order chi connectivity index (χ0) is 21.5. The van der Waals surface area contributed by atoms with E-state index in [0.29, 0.717) is 29.7 Å². The Morgan fingerprint density at radius 2 is 2.10 bits per heavy atom. The van der Waals surface area contributed by atoms with E-state index < -0.39 is 11.7 Å². The van der Waals surface area contributed by atoms with Gasteiger partial charge in [0.2, 0.25) is 5.91 Å². The van der Waals surface area contributed by atoms with Crippen LogP contribution in [-0.4, -0.2) is 50.4 Å². The number of piperidine rings is 1. The summed E-state index contributed by atoms with van der Waals surface area (Å²) in [7, 11) is 0. The van der Waals surface area contributed by atoms with Gasteiger partial charge in [0.05, 0.1) is 41.9 Å². The first-order valence-electron chi connectivity index (χ1n) is 10.1. The van der Waals surface area contributed by atoms with Gasteiger partial charge in [-0.3, -0.25) is 14.5 Å². The van der Waals surface area contributed by atoms with Crippen molar-refractivity contribution >= 4 is 40.3 Å². The highest BCUT2D eigenvalue weighted by atomic mass is 35.5. The molecule has 1 saturated carbocycles. The molecule has 8 nitrogen and oxygen atoms in total. The molecular formula is C21H20ClFN6O2. The van der Waals surface area contributed by atoms with Crippen LogP contribution in [0.1, 0.15) is 29.6 Å². The normalized spacial score (nSPS) is 20.3. The molecule has 1 aliphatic carbocycles. The fraction of sp³-hybridized carbons (Fsp3) is 0.333. The summed E-state index contributed by atoms with van der Waals surface area (Å²) in [4.78, 5) is 31.3. The van der Waals surface area contributed by atoms with Crippen molar-refractivity contribution < 1.29 is 14.0 Å². The summed E-state index contributed by atoms with van der Waals surface area (Å²) in [6.45, 7) is 1.28. The molecule has 160 valence electrons. The molecule has 0 spiro atoms. The fourth-order valence-electron chi connectivity index (χ4n) is 4.53. The van der Waals surface area contributed by atoms with Crippen molar-refractivity contribution in [1.82, 2.24) is 19.5 Å². The van der Waals surface area contributed by atoms with E-state index in [1.807, 2.05) is 0 Å². The van der Waals surface area contributed by atoms with Gasteiger partial charge in [0, 0.05) is 18.3 Å². The minimum atomic E-state index is -0.610. The number of carbonyl (C=O) groups excluding carboxylic acids is 2. The first kappa shape index (κ1) is 19.9. The Balaban J connectivity index is 1.28. The number of rotatable bonds is 5. The summed E-state index contributed by atoms with van der Waals surface area (Å²) in [6.07, 6.45) is 7.82. The average molecular weight is 443 g/mol. The van der Waals surface area contributed by atoms with Gasteiger partial charge in [-0.25, -0.2) is 13.9 Å². The summed E-state index contributed by atoms with van der Waals surface area (Å²) >= 11 is 5.83. The molecule has 2 N–H and O–H groups in total. The largest absolute Gasteiger partial charge is 0.325 e. The second-order valence-corrected chi connectivity index (χ2v) is 8.44. The van der Waals surface area contributed by atoms with Crippen molar-refractivity contribution in [3.63, 3.8) is 0 Å². The number of fused-ring (bicyclic) bond motifs is 3. The van der Waals surface area contributed by atoms with Crippen molar-refractivity contribution in [2.75, 3.05) is 23.7 Å². The molecule has 1 aromatic carbocycles. The molecule has 2 aliphatic rings. The number of carbonyl (C=O) groups is 2. The molecule has 3 aromatic rings. The van der Waals surface area contributed by atoms with E-state index in [4.69, 9.17) is 11.6 Å². The number of aromatic nitrogens is 3. The quantitative estimate of drug-likeness (QED) is 0.633. The third-order valence-electron chi connectivity index (χ3n) is 5.99. The van der Waals surface area contributed by atoms with E-state index in [1.54, 1.807) is 0 Å². The van der Waals surface area contributed by atoms with Crippen LogP contribution in [0.3, 0.4) is 0 Å². The number of amides is 2. The Bertz CT molecular complexity index is 1180. The van der Waals surface area contributed by atoms with Gasteiger partial charge in [-0.15, -0.1) is 0 Å². The monoisotopic (exact) mass is 442 g/mol. The average Bonchev–Trinajstić information content (AvgIpc) is 3.45. The molecule has 31 heavy (non-hydrogen) atoms. The Hall–Kier alpha value is -3.04. The Labute approximate surface area is 182 Å². The molecule has 2 amide bonds. The number of hydrogen-bond acceptors (Lipinski definition) is 5. The third kappa shape index (κ3) is 3.98. The number of nitrogens with zero attached hydrogens (tertiary/aromatic N) is 4. The molecule has 10 heteroatoms. The number of hydrogen-bond donors (Lipinski definition) is 2. The van der Waals surface area contributed by atoms with Crippen molar-refractivity contribution in [3.05, 3.63) is 53.3 Å². The minimum Gasteiger partial charge on any atom is -0.325 e. The van der Waals surface area contributed by atoms with E-state index in [1.165, 1.54) is 54.1 Å². The van der Waals surface area contributed by atoms with Gasteiger partial charge in [-0.1, -0.05) is 11.6 Å². The SMILES string of the molecule is O=C(CN1CC2CCC1C2)Nc1ccc(F)c(NC(=O)c2cnn3cc(Cl)ncc23)c1. The lowest BCUT2D eigenvalue weighted by atomic mass is 10.1. The molecule has 1 aliphatic heterocycles. The minimum absolute atomic E-state index is 0.0377. The maximum Gasteiger partial charge on any atom is 0.259 e. The second-order valence-electron chi connectivity index (χ2n) is 8.06.